The fraction of sp³-hybridized carbons (Fsp3) is 0.250. The molecule has 4 heteroatoms. The van der Waals surface area contributed by atoms with Crippen molar-refractivity contribution < 1.29 is 9.53 Å². The van der Waals surface area contributed by atoms with E-state index in [2.05, 4.69) is 37.6 Å². The summed E-state index contributed by atoms with van der Waals surface area (Å²) in [5, 5.41) is 0. The molecule has 2 aliphatic heterocycles. The van der Waals surface area contributed by atoms with Crippen molar-refractivity contribution in [3.8, 4) is 5.75 Å². The van der Waals surface area contributed by atoms with Crippen LogP contribution >= 0.6 is 0 Å². The number of benzene rings is 2. The number of hydrogen-bond acceptors (Lipinski definition) is 3. The number of hydrogen-bond donors (Lipinski definition) is 0. The first kappa shape index (κ1) is 16.1. The fourth-order valence-electron chi connectivity index (χ4n) is 2.87. The topological polar surface area (TPSA) is 32.8 Å². The van der Waals surface area contributed by atoms with E-state index in [1.54, 1.807) is 11.9 Å². The van der Waals surface area contributed by atoms with E-state index >= 15 is 0 Å². The first-order valence-corrected chi connectivity index (χ1v) is 8.00. The largest absolute Gasteiger partial charge is 0.490 e. The molecule has 4 nitrogen and oxygen atoms in total. The van der Waals surface area contributed by atoms with Gasteiger partial charge in [0.05, 0.1) is 12.2 Å². The van der Waals surface area contributed by atoms with Crippen LogP contribution in [0.2, 0.25) is 0 Å². The van der Waals surface area contributed by atoms with Gasteiger partial charge >= 0.3 is 0 Å². The van der Waals surface area contributed by atoms with Gasteiger partial charge in [-0.2, -0.15) is 0 Å². The molecular formula is C20H22N2O2. The average molecular weight is 322 g/mol. The van der Waals surface area contributed by atoms with E-state index in [9.17, 15) is 4.79 Å². The number of ether oxygens (including phenoxy) is 1. The van der Waals surface area contributed by atoms with Crippen LogP contribution in [-0.4, -0.2) is 38.1 Å². The smallest absolute Gasteiger partial charge is 0.258 e. The van der Waals surface area contributed by atoms with E-state index in [1.165, 1.54) is 11.3 Å². The molecule has 2 aromatic carbocycles. The summed E-state index contributed by atoms with van der Waals surface area (Å²) in [6.45, 7) is 7.71. The molecule has 0 spiro atoms. The van der Waals surface area contributed by atoms with Crippen molar-refractivity contribution in [3.63, 3.8) is 0 Å². The third-order valence-corrected chi connectivity index (χ3v) is 4.39. The highest BCUT2D eigenvalue weighted by molar-refractivity contribution is 6.08. The molecular weight excluding hydrogens is 300 g/mol. The van der Waals surface area contributed by atoms with E-state index in [1.807, 2.05) is 30.3 Å². The molecule has 124 valence electrons. The van der Waals surface area contributed by atoms with Crippen LogP contribution in [-0.2, 0) is 0 Å². The molecule has 0 bridgehead atoms. The number of anilines is 1. The van der Waals surface area contributed by atoms with Crippen LogP contribution in [0.4, 0.5) is 5.69 Å². The first-order valence-electron chi connectivity index (χ1n) is 8.00. The summed E-state index contributed by atoms with van der Waals surface area (Å²) in [5.74, 6) is 1.05. The Morgan fingerprint density at radius 3 is 2.50 bits per heavy atom. The minimum atomic E-state index is 0.0376. The van der Waals surface area contributed by atoms with Crippen LogP contribution in [0.5, 0.6) is 5.75 Å². The number of carbonyl (C=O) groups is 1. The van der Waals surface area contributed by atoms with Gasteiger partial charge in [0.25, 0.3) is 5.91 Å². The van der Waals surface area contributed by atoms with Crippen molar-refractivity contribution in [1.29, 1.82) is 0 Å². The second-order valence-corrected chi connectivity index (χ2v) is 6.10. The van der Waals surface area contributed by atoms with E-state index in [0.717, 1.165) is 35.7 Å². The van der Waals surface area contributed by atoms with Crippen LogP contribution in [0.3, 0.4) is 0 Å². The number of fused-ring (bicyclic) bond motifs is 2. The van der Waals surface area contributed by atoms with Gasteiger partial charge < -0.3 is 14.5 Å². The number of rotatable bonds is 0. The third-order valence-electron chi connectivity index (χ3n) is 4.39. The highest BCUT2D eigenvalue weighted by Crippen LogP contribution is 2.31. The Labute approximate surface area is 143 Å². The fourth-order valence-corrected chi connectivity index (χ4v) is 2.87. The summed E-state index contributed by atoms with van der Waals surface area (Å²) in [6, 6.07) is 13.8. The van der Waals surface area contributed by atoms with E-state index in [0.29, 0.717) is 0 Å². The van der Waals surface area contributed by atoms with Crippen LogP contribution in [0.15, 0.2) is 49.0 Å². The summed E-state index contributed by atoms with van der Waals surface area (Å²) < 4.78 is 5.51. The lowest BCUT2D eigenvalue weighted by Gasteiger charge is -2.27. The molecule has 2 aromatic rings. The van der Waals surface area contributed by atoms with Crippen LogP contribution in [0.25, 0.3) is 5.70 Å². The van der Waals surface area contributed by atoms with Gasteiger partial charge in [-0.3, -0.25) is 4.79 Å². The lowest BCUT2D eigenvalue weighted by atomic mass is 10.1. The van der Waals surface area contributed by atoms with Gasteiger partial charge in [-0.05, 0) is 30.7 Å². The van der Waals surface area contributed by atoms with Crippen LogP contribution < -0.4 is 9.64 Å². The number of likely N-dealkylation sites (N-methyl/N-ethyl adjacent to an activating group) is 1. The van der Waals surface area contributed by atoms with Crippen molar-refractivity contribution >= 4 is 17.3 Å². The number of carbonyl (C=O) groups excluding carboxylic acids is 1. The molecule has 24 heavy (non-hydrogen) atoms. The minimum Gasteiger partial charge on any atom is -0.490 e. The molecule has 0 radical (unpaired) electrons. The average Bonchev–Trinajstić information content (AvgIpc) is 2.81. The quantitative estimate of drug-likeness (QED) is 0.743. The Morgan fingerprint density at radius 1 is 1.08 bits per heavy atom. The second kappa shape index (κ2) is 6.40. The lowest BCUT2D eigenvalue weighted by Crippen LogP contribution is -2.28. The van der Waals surface area contributed by atoms with Gasteiger partial charge in [0.15, 0.2) is 0 Å². The van der Waals surface area contributed by atoms with Gasteiger partial charge in [0.1, 0.15) is 12.4 Å². The van der Waals surface area contributed by atoms with Crippen molar-refractivity contribution in [1.82, 2.24) is 4.90 Å². The Kier molecular flexibility index (Phi) is 4.30. The monoisotopic (exact) mass is 322 g/mol. The van der Waals surface area contributed by atoms with Crippen molar-refractivity contribution in [3.05, 3.63) is 65.7 Å². The SMILES string of the molecule is C=C1c2ccccc2C(=O)N1C.Cc1ccc2c(c1)N(C)CCO2. The Balaban J connectivity index is 0.000000141. The van der Waals surface area contributed by atoms with Crippen molar-refractivity contribution in [2.45, 2.75) is 6.92 Å². The molecule has 2 heterocycles. The maximum absolute atomic E-state index is 11.5. The zero-order valence-electron chi connectivity index (χ0n) is 14.4. The molecule has 0 N–H and O–H groups in total. The van der Waals surface area contributed by atoms with E-state index in [-0.39, 0.29) is 5.91 Å². The highest BCUT2D eigenvalue weighted by atomic mass is 16.5. The van der Waals surface area contributed by atoms with E-state index in [4.69, 9.17) is 4.74 Å². The van der Waals surface area contributed by atoms with E-state index < -0.39 is 0 Å². The number of nitrogens with zero attached hydrogens (tertiary/aromatic N) is 2. The molecule has 0 saturated heterocycles. The minimum absolute atomic E-state index is 0.0376. The summed E-state index contributed by atoms with van der Waals surface area (Å²) in [4.78, 5) is 15.3. The molecule has 2 aliphatic rings. The second-order valence-electron chi connectivity index (χ2n) is 6.10. The van der Waals surface area contributed by atoms with Crippen LogP contribution in [0, 0.1) is 6.92 Å². The maximum Gasteiger partial charge on any atom is 0.258 e. The first-order chi connectivity index (χ1) is 11.5. The Morgan fingerprint density at radius 2 is 1.79 bits per heavy atom. The summed E-state index contributed by atoms with van der Waals surface area (Å²) in [6.07, 6.45) is 0. The summed E-state index contributed by atoms with van der Waals surface area (Å²) in [5.41, 5.74) is 4.98. The van der Waals surface area contributed by atoms with Gasteiger partial charge in [-0.15, -0.1) is 0 Å². The molecule has 0 aromatic heterocycles. The van der Waals surface area contributed by atoms with Crippen molar-refractivity contribution in [2.75, 3.05) is 32.1 Å². The molecule has 0 unspecified atom stereocenters. The standard InChI is InChI=1S/C10H13NO.C10H9NO/c1-8-3-4-10-9(7-8)11(2)5-6-12-10;1-7-8-5-3-4-6-9(8)10(12)11(7)2/h3-4,7H,5-6H2,1-2H3;3-6H,1H2,2H3. The molecule has 1 amide bonds. The van der Waals surface area contributed by atoms with Gasteiger partial charge in [0.2, 0.25) is 0 Å². The van der Waals surface area contributed by atoms with Crippen molar-refractivity contribution in [2.24, 2.45) is 0 Å². The van der Waals surface area contributed by atoms with Gasteiger partial charge in [-0.1, -0.05) is 30.8 Å². The Bertz CT molecular complexity index is 763. The predicted molar refractivity (Wildman–Crippen MR) is 97.5 cm³/mol. The Hall–Kier alpha value is -2.75. The van der Waals surface area contributed by atoms with Gasteiger partial charge in [0, 0.05) is 30.9 Å². The number of aryl methyl sites for hydroxylation is 1. The number of amides is 1. The molecule has 0 aliphatic carbocycles. The molecule has 0 saturated carbocycles. The third kappa shape index (κ3) is 2.87. The predicted octanol–water partition coefficient (Wildman–Crippen LogP) is 3.57. The zero-order chi connectivity index (χ0) is 17.3. The summed E-state index contributed by atoms with van der Waals surface area (Å²) >= 11 is 0. The van der Waals surface area contributed by atoms with Crippen LogP contribution in [0.1, 0.15) is 21.5 Å². The molecule has 0 fully saturated rings. The highest BCUT2D eigenvalue weighted by Gasteiger charge is 2.26. The molecule has 0 atom stereocenters. The summed E-state index contributed by atoms with van der Waals surface area (Å²) in [7, 11) is 3.84. The van der Waals surface area contributed by atoms with Gasteiger partial charge in [-0.25, -0.2) is 0 Å². The maximum atomic E-state index is 11.5. The normalized spacial score (nSPS) is 15.3. The zero-order valence-corrected chi connectivity index (χ0v) is 14.4. The molecule has 4 rings (SSSR count). The lowest BCUT2D eigenvalue weighted by molar-refractivity contribution is 0.0875.